The number of Topliss-reactive ketones (excluding diaryl/α,β-unsaturated/α-hetero) is 1. The topological polar surface area (TPSA) is 162 Å². The predicted molar refractivity (Wildman–Crippen MR) is 181 cm³/mol. The standard InChI is InChI=1S/C37H29N5O7/c1-18-30(43)28(24-15-14-23-34(38-24)41(36(47)39-35(23)46)17-20-8-6-5-7-9-20)32-29(31(18)44)37(3)26(49-32)16-25-27(33(37)45)19(2)40-42(25)21-10-12-22(48-4)13-11-21/h5-16,43-44H,17H2,1-4H3,(H,39,46,47)/t37-/m0/s1. The van der Waals surface area contributed by atoms with Crippen LogP contribution in [-0.4, -0.2) is 47.4 Å². The molecule has 3 aromatic heterocycles. The fourth-order valence-corrected chi connectivity index (χ4v) is 6.83. The Kier molecular flexibility index (Phi) is 6.44. The number of benzene rings is 3. The SMILES string of the molecule is COc1ccc(-n2nc(C)c3c2C=C2Oc4c(-c5ccc6c(=O)[nH]c(=O)n(Cc7ccccc7)c6n5)c(O)c(C)c(O)c4[C@@]2(C)C3=O)cc1. The maximum Gasteiger partial charge on any atom is 0.330 e. The smallest absolute Gasteiger partial charge is 0.330 e. The number of hydrogen-bond donors (Lipinski definition) is 3. The van der Waals surface area contributed by atoms with Gasteiger partial charge in [-0.25, -0.2) is 14.5 Å². The van der Waals surface area contributed by atoms with Crippen molar-refractivity contribution in [1.82, 2.24) is 24.3 Å². The van der Waals surface area contributed by atoms with Gasteiger partial charge in [0.25, 0.3) is 5.56 Å². The van der Waals surface area contributed by atoms with Crippen LogP contribution < -0.4 is 20.7 Å². The highest BCUT2D eigenvalue weighted by atomic mass is 16.5. The van der Waals surface area contributed by atoms with Crippen LogP contribution in [-0.2, 0) is 12.0 Å². The molecule has 0 unspecified atom stereocenters. The lowest BCUT2D eigenvalue weighted by Gasteiger charge is -2.27. The molecule has 6 aromatic rings. The number of rotatable bonds is 5. The van der Waals surface area contributed by atoms with Crippen LogP contribution in [0.15, 0.2) is 82.1 Å². The second-order valence-corrected chi connectivity index (χ2v) is 12.3. The number of phenolic OH excluding ortho intramolecular Hbond substituents is 2. The number of H-pyrrole nitrogens is 1. The van der Waals surface area contributed by atoms with Gasteiger partial charge in [0.15, 0.2) is 11.4 Å². The number of nitrogens with zero attached hydrogens (tertiary/aromatic N) is 4. The summed E-state index contributed by atoms with van der Waals surface area (Å²) in [5, 5.41) is 27.9. The number of ether oxygens (including phenoxy) is 2. The molecule has 4 heterocycles. The summed E-state index contributed by atoms with van der Waals surface area (Å²) in [5.41, 5.74) is 0.800. The van der Waals surface area contributed by atoms with E-state index in [9.17, 15) is 24.6 Å². The summed E-state index contributed by atoms with van der Waals surface area (Å²) in [6, 6.07) is 19.5. The van der Waals surface area contributed by atoms with Crippen molar-refractivity contribution in [3.8, 4) is 39.9 Å². The molecule has 0 fully saturated rings. The van der Waals surface area contributed by atoms with Crippen LogP contribution in [0, 0.1) is 13.8 Å². The minimum Gasteiger partial charge on any atom is -0.507 e. The van der Waals surface area contributed by atoms with E-state index in [1.807, 2.05) is 42.5 Å². The van der Waals surface area contributed by atoms with Crippen LogP contribution in [0.2, 0.25) is 0 Å². The number of carbonyl (C=O) groups excluding carboxylic acids is 1. The van der Waals surface area contributed by atoms with Gasteiger partial charge in [-0.15, -0.1) is 0 Å². The molecule has 2 aliphatic rings. The molecule has 0 saturated carbocycles. The summed E-state index contributed by atoms with van der Waals surface area (Å²) >= 11 is 0. The Bertz CT molecular complexity index is 2550. The molecular formula is C37H29N5O7. The summed E-state index contributed by atoms with van der Waals surface area (Å²) in [4.78, 5) is 47.6. The van der Waals surface area contributed by atoms with Crippen LogP contribution in [0.4, 0.5) is 0 Å². The van der Waals surface area contributed by atoms with Crippen molar-refractivity contribution in [2.75, 3.05) is 7.11 Å². The highest BCUT2D eigenvalue weighted by molar-refractivity contribution is 6.14. The molecule has 49 heavy (non-hydrogen) atoms. The number of methoxy groups -OCH3 is 1. The van der Waals surface area contributed by atoms with Gasteiger partial charge in [-0.3, -0.25) is 19.1 Å². The van der Waals surface area contributed by atoms with Crippen LogP contribution in [0.25, 0.3) is 34.1 Å². The number of pyridine rings is 1. The second-order valence-electron chi connectivity index (χ2n) is 12.3. The highest BCUT2D eigenvalue weighted by Crippen LogP contribution is 2.60. The zero-order valence-electron chi connectivity index (χ0n) is 26.9. The van der Waals surface area contributed by atoms with Gasteiger partial charge in [0.1, 0.15) is 34.2 Å². The number of ketones is 1. The molecule has 1 aliphatic carbocycles. The van der Waals surface area contributed by atoms with E-state index >= 15 is 0 Å². The van der Waals surface area contributed by atoms with Crippen molar-refractivity contribution >= 4 is 22.9 Å². The second kappa shape index (κ2) is 10.5. The first-order valence-corrected chi connectivity index (χ1v) is 15.5. The number of aromatic amines is 1. The lowest BCUT2D eigenvalue weighted by molar-refractivity contribution is 0.0905. The lowest BCUT2D eigenvalue weighted by Crippen LogP contribution is -2.36. The van der Waals surface area contributed by atoms with Crippen LogP contribution in [0.5, 0.6) is 23.0 Å². The van der Waals surface area contributed by atoms with Gasteiger partial charge in [0, 0.05) is 11.6 Å². The molecule has 3 N–H and O–H groups in total. The Morgan fingerprint density at radius 1 is 0.939 bits per heavy atom. The third kappa shape index (κ3) is 4.19. The number of aromatic nitrogens is 5. The van der Waals surface area contributed by atoms with Gasteiger partial charge < -0.3 is 19.7 Å². The van der Waals surface area contributed by atoms with Crippen molar-refractivity contribution in [3.05, 3.63) is 127 Å². The number of hydrogen-bond acceptors (Lipinski definition) is 9. The fourth-order valence-electron chi connectivity index (χ4n) is 6.83. The first kappa shape index (κ1) is 29.9. The Balaban J connectivity index is 1.33. The third-order valence-electron chi connectivity index (χ3n) is 9.49. The van der Waals surface area contributed by atoms with Crippen molar-refractivity contribution in [1.29, 1.82) is 0 Å². The fraction of sp³-hybridized carbons (Fsp3) is 0.162. The van der Waals surface area contributed by atoms with E-state index in [-0.39, 0.29) is 68.8 Å². The van der Waals surface area contributed by atoms with Crippen LogP contribution in [0.3, 0.4) is 0 Å². The summed E-state index contributed by atoms with van der Waals surface area (Å²) in [5.74, 6) is -0.00881. The van der Waals surface area contributed by atoms with Crippen molar-refractivity contribution in [2.24, 2.45) is 0 Å². The van der Waals surface area contributed by atoms with Crippen LogP contribution in [0.1, 0.15) is 45.4 Å². The van der Waals surface area contributed by atoms with E-state index in [0.717, 1.165) is 5.56 Å². The first-order chi connectivity index (χ1) is 23.5. The Hall–Kier alpha value is -6.43. The van der Waals surface area contributed by atoms with Crippen molar-refractivity contribution in [2.45, 2.75) is 32.7 Å². The zero-order valence-corrected chi connectivity index (χ0v) is 26.9. The Labute approximate surface area is 278 Å². The predicted octanol–water partition coefficient (Wildman–Crippen LogP) is 4.91. The number of carbonyl (C=O) groups is 1. The van der Waals surface area contributed by atoms with E-state index in [0.29, 0.717) is 28.4 Å². The maximum atomic E-state index is 14.6. The average Bonchev–Trinajstić information content (AvgIpc) is 3.60. The van der Waals surface area contributed by atoms with Crippen molar-refractivity contribution < 1.29 is 24.5 Å². The molecule has 8 rings (SSSR count). The number of aromatic hydroxyl groups is 2. The minimum absolute atomic E-state index is 0.0445. The van der Waals surface area contributed by atoms with E-state index in [2.05, 4.69) is 10.1 Å². The minimum atomic E-state index is -1.47. The normalized spacial score (nSPS) is 16.2. The molecule has 3 aromatic carbocycles. The van der Waals surface area contributed by atoms with E-state index in [1.165, 1.54) is 23.6 Å². The van der Waals surface area contributed by atoms with Gasteiger partial charge in [-0.05, 0) is 62.7 Å². The summed E-state index contributed by atoms with van der Waals surface area (Å²) < 4.78 is 14.7. The molecule has 0 radical (unpaired) electrons. The number of nitrogens with one attached hydrogen (secondary N) is 1. The average molecular weight is 656 g/mol. The number of allylic oxidation sites excluding steroid dienone is 1. The maximum absolute atomic E-state index is 14.6. The third-order valence-corrected chi connectivity index (χ3v) is 9.49. The molecule has 0 bridgehead atoms. The molecule has 244 valence electrons. The van der Waals surface area contributed by atoms with Crippen LogP contribution >= 0.6 is 0 Å². The summed E-state index contributed by atoms with van der Waals surface area (Å²) in [6.45, 7) is 5.08. The quantitative estimate of drug-likeness (QED) is 0.234. The van der Waals surface area contributed by atoms with E-state index in [4.69, 9.17) is 14.5 Å². The summed E-state index contributed by atoms with van der Waals surface area (Å²) in [6.07, 6.45) is 1.72. The zero-order chi connectivity index (χ0) is 34.4. The summed E-state index contributed by atoms with van der Waals surface area (Å²) in [7, 11) is 1.58. The van der Waals surface area contributed by atoms with Gasteiger partial charge in [-0.2, -0.15) is 5.10 Å². The molecular weight excluding hydrogens is 626 g/mol. The Morgan fingerprint density at radius 3 is 2.39 bits per heavy atom. The van der Waals surface area contributed by atoms with Gasteiger partial charge in [-0.1, -0.05) is 30.3 Å². The number of fused-ring (bicyclic) bond motifs is 5. The molecule has 12 heteroatoms. The lowest BCUT2D eigenvalue weighted by atomic mass is 9.71. The monoisotopic (exact) mass is 655 g/mol. The highest BCUT2D eigenvalue weighted by Gasteiger charge is 2.55. The molecule has 0 spiro atoms. The molecule has 0 amide bonds. The molecule has 0 saturated heterocycles. The molecule has 1 atom stereocenters. The van der Waals surface area contributed by atoms with Gasteiger partial charge in [0.2, 0.25) is 0 Å². The Morgan fingerprint density at radius 2 is 1.67 bits per heavy atom. The molecule has 1 aliphatic heterocycles. The van der Waals surface area contributed by atoms with Crippen molar-refractivity contribution in [3.63, 3.8) is 0 Å². The van der Waals surface area contributed by atoms with E-state index in [1.54, 1.807) is 43.8 Å². The van der Waals surface area contributed by atoms with Gasteiger partial charge >= 0.3 is 5.69 Å². The molecule has 12 nitrogen and oxygen atoms in total. The largest absolute Gasteiger partial charge is 0.507 e. The van der Waals surface area contributed by atoms with E-state index < -0.39 is 16.7 Å². The number of aryl methyl sites for hydroxylation is 1. The first-order valence-electron chi connectivity index (χ1n) is 15.5. The number of phenols is 2. The van der Waals surface area contributed by atoms with Gasteiger partial charge in [0.05, 0.1) is 58.5 Å².